The molecule has 0 bridgehead atoms. The van der Waals surface area contributed by atoms with Crippen LogP contribution in [-0.4, -0.2) is 25.1 Å². The molecule has 0 radical (unpaired) electrons. The Morgan fingerprint density at radius 2 is 2.11 bits per heavy atom. The maximum absolute atomic E-state index is 11.2. The van der Waals surface area contributed by atoms with Crippen molar-refractivity contribution in [2.75, 3.05) is 13.7 Å². The number of hydrogen-bond donors (Lipinski definition) is 2. The molecule has 1 aromatic carbocycles. The second kappa shape index (κ2) is 6.40. The average Bonchev–Trinajstić information content (AvgIpc) is 2.28. The summed E-state index contributed by atoms with van der Waals surface area (Å²) in [7, 11) is 1.65. The van der Waals surface area contributed by atoms with Crippen molar-refractivity contribution in [3.05, 3.63) is 29.8 Å². The van der Waals surface area contributed by atoms with Gasteiger partial charge in [0.2, 0.25) is 5.91 Å². The number of hydrogen-bond acceptors (Lipinski definition) is 3. The van der Waals surface area contributed by atoms with Crippen molar-refractivity contribution in [1.82, 2.24) is 5.32 Å². The molecule has 1 amide bonds. The highest BCUT2D eigenvalue weighted by molar-refractivity contribution is 5.75. The van der Waals surface area contributed by atoms with Crippen molar-refractivity contribution in [1.29, 1.82) is 0 Å². The zero-order valence-electron chi connectivity index (χ0n) is 11.3. The molecule has 0 saturated heterocycles. The van der Waals surface area contributed by atoms with Gasteiger partial charge in [-0.15, -0.1) is 0 Å². The molecule has 0 spiro atoms. The van der Waals surface area contributed by atoms with Crippen LogP contribution >= 0.6 is 0 Å². The van der Waals surface area contributed by atoms with E-state index in [0.717, 1.165) is 17.9 Å². The summed E-state index contributed by atoms with van der Waals surface area (Å²) in [6, 6.07) is 7.83. The number of amides is 1. The summed E-state index contributed by atoms with van der Waals surface area (Å²) in [6.45, 7) is 4.81. The van der Waals surface area contributed by atoms with Crippen LogP contribution in [0.25, 0.3) is 0 Å². The molecule has 0 aromatic heterocycles. The third-order valence-corrected chi connectivity index (χ3v) is 2.94. The van der Waals surface area contributed by atoms with E-state index in [-0.39, 0.29) is 11.4 Å². The molecular formula is C14H22N2O2. The molecule has 1 unspecified atom stereocenters. The fraction of sp³-hybridized carbons (Fsp3) is 0.500. The van der Waals surface area contributed by atoms with E-state index in [9.17, 15) is 4.79 Å². The van der Waals surface area contributed by atoms with Crippen LogP contribution in [0.2, 0.25) is 0 Å². The molecular weight excluding hydrogens is 228 g/mol. The summed E-state index contributed by atoms with van der Waals surface area (Å²) in [4.78, 5) is 11.2. The van der Waals surface area contributed by atoms with Gasteiger partial charge in [0.25, 0.3) is 0 Å². The molecule has 18 heavy (non-hydrogen) atoms. The number of benzene rings is 1. The highest BCUT2D eigenvalue weighted by Gasteiger charge is 2.26. The van der Waals surface area contributed by atoms with E-state index in [4.69, 9.17) is 10.5 Å². The number of nitrogens with two attached hydrogens (primary N) is 1. The van der Waals surface area contributed by atoms with Gasteiger partial charge in [0.1, 0.15) is 5.75 Å². The third kappa shape index (κ3) is 4.04. The Bertz CT molecular complexity index is 407. The Labute approximate surface area is 109 Å². The Morgan fingerprint density at radius 1 is 1.44 bits per heavy atom. The van der Waals surface area contributed by atoms with Crippen molar-refractivity contribution in [3.8, 4) is 5.75 Å². The Balaban J connectivity index is 2.91. The molecule has 0 fully saturated rings. The minimum Gasteiger partial charge on any atom is -0.496 e. The van der Waals surface area contributed by atoms with Crippen LogP contribution in [0.3, 0.4) is 0 Å². The van der Waals surface area contributed by atoms with Crippen LogP contribution in [0.4, 0.5) is 0 Å². The maximum Gasteiger partial charge on any atom is 0.219 e. The first-order chi connectivity index (χ1) is 8.50. The number of carbonyl (C=O) groups excluding carboxylic acids is 1. The topological polar surface area (TPSA) is 64.3 Å². The molecule has 100 valence electrons. The van der Waals surface area contributed by atoms with Crippen molar-refractivity contribution >= 4 is 5.91 Å². The molecule has 0 saturated carbocycles. The lowest BCUT2D eigenvalue weighted by Gasteiger charge is -2.30. The van der Waals surface area contributed by atoms with E-state index >= 15 is 0 Å². The standard InChI is InChI=1S/C14H22N2O2/c1-4-16-14(2,10-13(15)17)9-11-7-5-6-8-12(11)18-3/h5-8,16H,4,9-10H2,1-3H3,(H2,15,17). The number of carbonyl (C=O) groups is 1. The number of primary amides is 1. The van der Waals surface area contributed by atoms with Crippen LogP contribution in [-0.2, 0) is 11.2 Å². The van der Waals surface area contributed by atoms with Gasteiger partial charge in [-0.05, 0) is 31.5 Å². The van der Waals surface area contributed by atoms with E-state index in [1.165, 1.54) is 0 Å². The second-order valence-corrected chi connectivity index (χ2v) is 4.72. The first-order valence-corrected chi connectivity index (χ1v) is 6.16. The summed E-state index contributed by atoms with van der Waals surface area (Å²) in [6.07, 6.45) is 1.01. The first-order valence-electron chi connectivity index (χ1n) is 6.16. The van der Waals surface area contributed by atoms with Crippen molar-refractivity contribution < 1.29 is 9.53 Å². The quantitative estimate of drug-likeness (QED) is 0.770. The lowest BCUT2D eigenvalue weighted by Crippen LogP contribution is -2.47. The van der Waals surface area contributed by atoms with Crippen LogP contribution in [0.15, 0.2) is 24.3 Å². The van der Waals surface area contributed by atoms with Gasteiger partial charge in [-0.3, -0.25) is 4.79 Å². The van der Waals surface area contributed by atoms with Crippen LogP contribution < -0.4 is 15.8 Å². The third-order valence-electron chi connectivity index (χ3n) is 2.94. The van der Waals surface area contributed by atoms with Gasteiger partial charge in [0.15, 0.2) is 0 Å². The fourth-order valence-corrected chi connectivity index (χ4v) is 2.27. The number of para-hydroxylation sites is 1. The van der Waals surface area contributed by atoms with E-state index in [1.807, 2.05) is 38.1 Å². The van der Waals surface area contributed by atoms with Gasteiger partial charge in [0, 0.05) is 12.0 Å². The SMILES string of the molecule is CCNC(C)(CC(N)=O)Cc1ccccc1OC. The zero-order valence-corrected chi connectivity index (χ0v) is 11.3. The van der Waals surface area contributed by atoms with Crippen LogP contribution in [0.5, 0.6) is 5.75 Å². The highest BCUT2D eigenvalue weighted by Crippen LogP contribution is 2.24. The summed E-state index contributed by atoms with van der Waals surface area (Å²) < 4.78 is 5.33. The summed E-state index contributed by atoms with van der Waals surface area (Å²) in [5.74, 6) is 0.541. The van der Waals surface area contributed by atoms with E-state index in [2.05, 4.69) is 5.32 Å². The van der Waals surface area contributed by atoms with Crippen molar-refractivity contribution in [2.24, 2.45) is 5.73 Å². The van der Waals surface area contributed by atoms with E-state index < -0.39 is 0 Å². The van der Waals surface area contributed by atoms with Gasteiger partial charge in [0.05, 0.1) is 7.11 Å². The average molecular weight is 250 g/mol. The van der Waals surface area contributed by atoms with Crippen LogP contribution in [0, 0.1) is 0 Å². The fourth-order valence-electron chi connectivity index (χ4n) is 2.27. The normalized spacial score (nSPS) is 13.9. The van der Waals surface area contributed by atoms with Gasteiger partial charge in [-0.2, -0.15) is 0 Å². The lowest BCUT2D eigenvalue weighted by molar-refractivity contribution is -0.119. The number of ether oxygens (including phenoxy) is 1. The zero-order chi connectivity index (χ0) is 13.6. The second-order valence-electron chi connectivity index (χ2n) is 4.72. The predicted octanol–water partition coefficient (Wildman–Crippen LogP) is 1.48. The molecule has 0 aliphatic rings. The summed E-state index contributed by atoms with van der Waals surface area (Å²) in [5.41, 5.74) is 6.06. The maximum atomic E-state index is 11.2. The number of likely N-dealkylation sites (N-methyl/N-ethyl adjacent to an activating group) is 1. The van der Waals surface area contributed by atoms with E-state index in [1.54, 1.807) is 7.11 Å². The largest absolute Gasteiger partial charge is 0.496 e. The molecule has 4 heteroatoms. The van der Waals surface area contributed by atoms with Gasteiger partial charge in [-0.25, -0.2) is 0 Å². The minimum absolute atomic E-state index is 0.298. The smallest absolute Gasteiger partial charge is 0.219 e. The Kier molecular flexibility index (Phi) is 5.16. The monoisotopic (exact) mass is 250 g/mol. The molecule has 0 aliphatic heterocycles. The number of nitrogens with one attached hydrogen (secondary N) is 1. The molecule has 4 nitrogen and oxygen atoms in total. The molecule has 1 atom stereocenters. The summed E-state index contributed by atoms with van der Waals surface area (Å²) in [5, 5.41) is 3.33. The van der Waals surface area contributed by atoms with E-state index in [0.29, 0.717) is 12.8 Å². The Hall–Kier alpha value is -1.55. The Morgan fingerprint density at radius 3 is 2.67 bits per heavy atom. The number of methoxy groups -OCH3 is 1. The molecule has 3 N–H and O–H groups in total. The van der Waals surface area contributed by atoms with Crippen molar-refractivity contribution in [3.63, 3.8) is 0 Å². The molecule has 0 aliphatic carbocycles. The lowest BCUT2D eigenvalue weighted by atomic mass is 9.88. The van der Waals surface area contributed by atoms with Crippen LogP contribution in [0.1, 0.15) is 25.8 Å². The van der Waals surface area contributed by atoms with Gasteiger partial charge in [-0.1, -0.05) is 25.1 Å². The molecule has 1 aromatic rings. The predicted molar refractivity (Wildman–Crippen MR) is 72.6 cm³/mol. The van der Waals surface area contributed by atoms with Gasteiger partial charge >= 0.3 is 0 Å². The molecule has 1 rings (SSSR count). The first kappa shape index (κ1) is 14.5. The van der Waals surface area contributed by atoms with Gasteiger partial charge < -0.3 is 15.8 Å². The molecule has 0 heterocycles. The highest BCUT2D eigenvalue weighted by atomic mass is 16.5. The minimum atomic E-state index is -0.338. The number of rotatable bonds is 7. The summed E-state index contributed by atoms with van der Waals surface area (Å²) >= 11 is 0. The van der Waals surface area contributed by atoms with Crippen molar-refractivity contribution in [2.45, 2.75) is 32.2 Å².